The van der Waals surface area contributed by atoms with Crippen molar-refractivity contribution in [2.75, 3.05) is 6.61 Å². The number of carbonyl (C=O) groups excluding carboxylic acids is 1. The SMILES string of the molecule is CC(C)[Si](O[C@@H](CC=O)[C@@H](C)C[C@H](C)CO[Si](c1ccccc1)(c1ccccc1)C(C)(C)C)(C(C)C)C(C)C. The van der Waals surface area contributed by atoms with Crippen LogP contribution in [0.5, 0.6) is 0 Å². The van der Waals surface area contributed by atoms with Crippen molar-refractivity contribution < 1.29 is 13.6 Å². The number of hydrogen-bond acceptors (Lipinski definition) is 3. The molecule has 0 aromatic heterocycles. The second-order valence-electron chi connectivity index (χ2n) is 13.7. The third-order valence-electron chi connectivity index (χ3n) is 8.80. The first-order chi connectivity index (χ1) is 18.2. The maximum absolute atomic E-state index is 11.8. The van der Waals surface area contributed by atoms with E-state index in [1.807, 2.05) is 0 Å². The Labute approximate surface area is 242 Å². The lowest BCUT2D eigenvalue weighted by Crippen LogP contribution is -2.66. The summed E-state index contributed by atoms with van der Waals surface area (Å²) in [6, 6.07) is 21.7. The van der Waals surface area contributed by atoms with Crippen molar-refractivity contribution in [3.05, 3.63) is 60.7 Å². The van der Waals surface area contributed by atoms with E-state index in [4.69, 9.17) is 8.85 Å². The Hall–Kier alpha value is -1.54. The molecule has 5 heteroatoms. The molecule has 2 aromatic rings. The van der Waals surface area contributed by atoms with Gasteiger partial charge in [-0.2, -0.15) is 0 Å². The normalized spacial score (nSPS) is 15.5. The van der Waals surface area contributed by atoms with Crippen LogP contribution in [0.25, 0.3) is 0 Å². The molecule has 3 atom stereocenters. The number of hydrogen-bond donors (Lipinski definition) is 0. The largest absolute Gasteiger partial charge is 0.412 e. The smallest absolute Gasteiger partial charge is 0.261 e. The number of aldehydes is 1. The fraction of sp³-hybridized carbons (Fsp3) is 0.618. The van der Waals surface area contributed by atoms with E-state index in [1.54, 1.807) is 0 Å². The summed E-state index contributed by atoms with van der Waals surface area (Å²) in [7, 11) is -4.66. The average Bonchev–Trinajstić information content (AvgIpc) is 2.86. The van der Waals surface area contributed by atoms with E-state index in [0.717, 1.165) is 12.7 Å². The van der Waals surface area contributed by atoms with Crippen molar-refractivity contribution >= 4 is 33.3 Å². The molecule has 0 aliphatic rings. The second kappa shape index (κ2) is 14.4. The number of carbonyl (C=O) groups is 1. The van der Waals surface area contributed by atoms with Gasteiger partial charge in [-0.3, -0.25) is 0 Å². The van der Waals surface area contributed by atoms with Crippen LogP contribution in [-0.2, 0) is 13.6 Å². The van der Waals surface area contributed by atoms with Crippen LogP contribution < -0.4 is 10.4 Å². The molecule has 0 bridgehead atoms. The van der Waals surface area contributed by atoms with Gasteiger partial charge in [-0.05, 0) is 50.3 Å². The predicted molar refractivity (Wildman–Crippen MR) is 173 cm³/mol. The van der Waals surface area contributed by atoms with Crippen molar-refractivity contribution in [3.8, 4) is 0 Å². The Bertz CT molecular complexity index is 921. The fourth-order valence-corrected chi connectivity index (χ4v) is 17.4. The zero-order valence-electron chi connectivity index (χ0n) is 26.7. The lowest BCUT2D eigenvalue weighted by atomic mass is 9.92. The molecule has 0 saturated carbocycles. The van der Waals surface area contributed by atoms with Gasteiger partial charge < -0.3 is 13.6 Å². The van der Waals surface area contributed by atoms with E-state index in [2.05, 4.69) is 137 Å². The minimum absolute atomic E-state index is 0.0405. The summed E-state index contributed by atoms with van der Waals surface area (Å²) in [5.41, 5.74) is 1.49. The maximum atomic E-state index is 11.8. The molecule has 0 aliphatic carbocycles. The second-order valence-corrected chi connectivity index (χ2v) is 23.4. The van der Waals surface area contributed by atoms with Crippen molar-refractivity contribution in [2.45, 2.75) is 117 Å². The van der Waals surface area contributed by atoms with Crippen LogP contribution >= 0.6 is 0 Å². The molecule has 0 heterocycles. The van der Waals surface area contributed by atoms with Crippen LogP contribution in [0, 0.1) is 11.8 Å². The van der Waals surface area contributed by atoms with Gasteiger partial charge in [-0.15, -0.1) is 0 Å². The summed E-state index contributed by atoms with van der Waals surface area (Å²) in [6.45, 7) is 26.1. The van der Waals surface area contributed by atoms with Crippen LogP contribution in [0.4, 0.5) is 0 Å². The summed E-state index contributed by atoms with van der Waals surface area (Å²) < 4.78 is 14.4. The highest BCUT2D eigenvalue weighted by molar-refractivity contribution is 6.99. The third-order valence-corrected chi connectivity index (χ3v) is 19.9. The Morgan fingerprint density at radius 3 is 1.54 bits per heavy atom. The van der Waals surface area contributed by atoms with Gasteiger partial charge in [0.1, 0.15) is 6.29 Å². The van der Waals surface area contributed by atoms with E-state index in [0.29, 0.717) is 35.6 Å². The molecule has 0 spiro atoms. The Kier molecular flexibility index (Phi) is 12.4. The predicted octanol–water partition coefficient (Wildman–Crippen LogP) is 8.38. The minimum Gasteiger partial charge on any atom is -0.412 e. The molecule has 39 heavy (non-hydrogen) atoms. The van der Waals surface area contributed by atoms with E-state index in [1.165, 1.54) is 10.4 Å². The standard InChI is InChI=1S/C34H56O3Si2/c1-26(2)38(27(3)4,28(5)6)37-33(22-23-35)30(8)24-29(7)25-36-39(34(9,10)11,31-18-14-12-15-19-31)32-20-16-13-17-21-32/h12-21,23,26-30,33H,22,24-25H2,1-11H3/t29-,30-,33-/m0/s1. The van der Waals surface area contributed by atoms with Gasteiger partial charge in [0.05, 0.1) is 6.10 Å². The van der Waals surface area contributed by atoms with Gasteiger partial charge in [0.25, 0.3) is 8.32 Å². The summed E-state index contributed by atoms with van der Waals surface area (Å²) >= 11 is 0. The topological polar surface area (TPSA) is 35.5 Å². The van der Waals surface area contributed by atoms with Gasteiger partial charge in [-0.1, -0.05) is 137 Å². The van der Waals surface area contributed by atoms with E-state index in [-0.39, 0.29) is 17.1 Å². The third kappa shape index (κ3) is 7.61. The Morgan fingerprint density at radius 1 is 0.744 bits per heavy atom. The lowest BCUT2D eigenvalue weighted by Gasteiger charge is -2.46. The van der Waals surface area contributed by atoms with Crippen LogP contribution in [0.2, 0.25) is 21.7 Å². The van der Waals surface area contributed by atoms with Crippen LogP contribution in [0.15, 0.2) is 60.7 Å². The zero-order chi connectivity index (χ0) is 29.4. The average molecular weight is 569 g/mol. The summed E-state index contributed by atoms with van der Waals surface area (Å²) in [5, 5.41) is 2.58. The van der Waals surface area contributed by atoms with Gasteiger partial charge in [0.15, 0.2) is 0 Å². The monoisotopic (exact) mass is 568 g/mol. The lowest BCUT2D eigenvalue weighted by molar-refractivity contribution is -0.110. The van der Waals surface area contributed by atoms with E-state index < -0.39 is 16.6 Å². The highest BCUT2D eigenvalue weighted by atomic mass is 28.4. The quantitative estimate of drug-likeness (QED) is 0.160. The van der Waals surface area contributed by atoms with Crippen molar-refractivity contribution in [3.63, 3.8) is 0 Å². The van der Waals surface area contributed by atoms with E-state index >= 15 is 0 Å². The van der Waals surface area contributed by atoms with Gasteiger partial charge in [-0.25, -0.2) is 0 Å². The molecular formula is C34H56O3Si2. The van der Waals surface area contributed by atoms with Gasteiger partial charge in [0, 0.05) is 13.0 Å². The van der Waals surface area contributed by atoms with Crippen molar-refractivity contribution in [1.29, 1.82) is 0 Å². The van der Waals surface area contributed by atoms with Gasteiger partial charge in [0.2, 0.25) is 8.32 Å². The van der Waals surface area contributed by atoms with Crippen LogP contribution in [0.1, 0.15) is 89.0 Å². The Balaban J connectivity index is 2.33. The molecule has 0 radical (unpaired) electrons. The molecule has 2 aromatic carbocycles. The molecule has 2 rings (SSSR count). The minimum atomic E-state index is -2.57. The molecule has 218 valence electrons. The highest BCUT2D eigenvalue weighted by Gasteiger charge is 2.50. The van der Waals surface area contributed by atoms with Crippen LogP contribution in [-0.4, -0.2) is 35.6 Å². The zero-order valence-corrected chi connectivity index (χ0v) is 28.7. The van der Waals surface area contributed by atoms with Gasteiger partial charge >= 0.3 is 0 Å². The molecule has 0 aliphatic heterocycles. The molecule has 0 fully saturated rings. The summed E-state index contributed by atoms with van der Waals surface area (Å²) in [4.78, 5) is 11.8. The Morgan fingerprint density at radius 2 is 1.18 bits per heavy atom. The molecule has 0 unspecified atom stereocenters. The summed E-state index contributed by atoms with van der Waals surface area (Å²) in [6.07, 6.45) is 2.45. The molecular weight excluding hydrogens is 513 g/mol. The summed E-state index contributed by atoms with van der Waals surface area (Å²) in [5.74, 6) is 0.615. The number of benzene rings is 2. The first kappa shape index (κ1) is 33.7. The van der Waals surface area contributed by atoms with Crippen molar-refractivity contribution in [1.82, 2.24) is 0 Å². The van der Waals surface area contributed by atoms with E-state index in [9.17, 15) is 4.79 Å². The molecule has 0 N–H and O–H groups in total. The number of rotatable bonds is 15. The molecule has 0 saturated heterocycles. The fourth-order valence-electron chi connectivity index (χ4n) is 7.05. The molecule has 0 amide bonds. The molecule has 3 nitrogen and oxygen atoms in total. The first-order valence-corrected chi connectivity index (χ1v) is 19.1. The van der Waals surface area contributed by atoms with Crippen molar-refractivity contribution in [2.24, 2.45) is 11.8 Å². The van der Waals surface area contributed by atoms with Crippen LogP contribution in [0.3, 0.4) is 0 Å². The first-order valence-electron chi connectivity index (χ1n) is 15.1. The maximum Gasteiger partial charge on any atom is 0.261 e. The highest BCUT2D eigenvalue weighted by Crippen LogP contribution is 2.44.